The molecule has 0 bridgehead atoms. The molecular formula is C24H30N2O5. The number of hydrogen-bond donors (Lipinski definition) is 1. The lowest BCUT2D eigenvalue weighted by Gasteiger charge is -2.32. The van der Waals surface area contributed by atoms with Crippen LogP contribution in [0.5, 0.6) is 11.5 Å². The second-order valence-electron chi connectivity index (χ2n) is 7.68. The molecule has 7 heteroatoms. The SMILES string of the molecule is CCOC(=O)Oc1cc(C)c(C(N)CC(=O)N2CCCc3cccc(OC)c32)c(C)c1. The summed E-state index contributed by atoms with van der Waals surface area (Å²) in [5, 5.41) is 0. The standard InChI is InChI=1S/C24H30N2O5/c1-5-30-24(28)31-18-12-15(2)22(16(3)13-18)19(25)14-21(27)26-11-7-9-17-8-6-10-20(29-4)23(17)26/h6,8,10,12-13,19H,5,7,9,11,14,25H2,1-4H3. The molecule has 0 radical (unpaired) electrons. The van der Waals surface area contributed by atoms with E-state index in [1.54, 1.807) is 31.1 Å². The number of carbonyl (C=O) groups is 2. The summed E-state index contributed by atoms with van der Waals surface area (Å²) in [4.78, 5) is 26.6. The average Bonchev–Trinajstić information content (AvgIpc) is 2.72. The first kappa shape index (κ1) is 22.6. The van der Waals surface area contributed by atoms with Gasteiger partial charge in [0.25, 0.3) is 0 Å². The molecule has 0 aliphatic carbocycles. The van der Waals surface area contributed by atoms with E-state index >= 15 is 0 Å². The van der Waals surface area contributed by atoms with Gasteiger partial charge in [-0.3, -0.25) is 4.79 Å². The molecular weight excluding hydrogens is 396 g/mol. The van der Waals surface area contributed by atoms with Gasteiger partial charge in [0.15, 0.2) is 0 Å². The number of methoxy groups -OCH3 is 1. The van der Waals surface area contributed by atoms with Gasteiger partial charge in [-0.25, -0.2) is 4.79 Å². The summed E-state index contributed by atoms with van der Waals surface area (Å²) >= 11 is 0. The molecule has 7 nitrogen and oxygen atoms in total. The van der Waals surface area contributed by atoms with Gasteiger partial charge in [-0.15, -0.1) is 0 Å². The van der Waals surface area contributed by atoms with Crippen LogP contribution in [0.4, 0.5) is 10.5 Å². The second-order valence-corrected chi connectivity index (χ2v) is 7.68. The molecule has 31 heavy (non-hydrogen) atoms. The van der Waals surface area contributed by atoms with Gasteiger partial charge < -0.3 is 24.8 Å². The first-order chi connectivity index (χ1) is 14.8. The highest BCUT2D eigenvalue weighted by Crippen LogP contribution is 2.37. The first-order valence-electron chi connectivity index (χ1n) is 10.5. The van der Waals surface area contributed by atoms with Crippen LogP contribution in [-0.4, -0.2) is 32.3 Å². The average molecular weight is 427 g/mol. The number of aryl methyl sites for hydroxylation is 3. The van der Waals surface area contributed by atoms with Crippen molar-refractivity contribution in [2.45, 2.75) is 46.1 Å². The summed E-state index contributed by atoms with van der Waals surface area (Å²) in [5.74, 6) is 1.06. The molecule has 166 valence electrons. The van der Waals surface area contributed by atoms with E-state index in [0.717, 1.165) is 40.8 Å². The maximum absolute atomic E-state index is 13.2. The van der Waals surface area contributed by atoms with Crippen molar-refractivity contribution >= 4 is 17.7 Å². The highest BCUT2D eigenvalue weighted by Gasteiger charge is 2.28. The Morgan fingerprint density at radius 1 is 1.19 bits per heavy atom. The molecule has 2 aromatic carbocycles. The number of rotatable bonds is 6. The third kappa shape index (κ3) is 4.99. The fourth-order valence-corrected chi connectivity index (χ4v) is 4.25. The first-order valence-corrected chi connectivity index (χ1v) is 10.5. The van der Waals surface area contributed by atoms with Gasteiger partial charge >= 0.3 is 6.16 Å². The van der Waals surface area contributed by atoms with Crippen molar-refractivity contribution in [3.05, 3.63) is 52.6 Å². The molecule has 0 fully saturated rings. The van der Waals surface area contributed by atoms with E-state index in [4.69, 9.17) is 19.9 Å². The maximum Gasteiger partial charge on any atom is 0.513 e. The molecule has 3 rings (SSSR count). The van der Waals surface area contributed by atoms with Crippen molar-refractivity contribution < 1.29 is 23.8 Å². The molecule has 1 atom stereocenters. The van der Waals surface area contributed by atoms with E-state index in [9.17, 15) is 9.59 Å². The lowest BCUT2D eigenvalue weighted by atomic mass is 9.93. The zero-order chi connectivity index (χ0) is 22.5. The Balaban J connectivity index is 1.79. The van der Waals surface area contributed by atoms with E-state index in [1.165, 1.54) is 0 Å². The number of amides is 1. The molecule has 2 aromatic rings. The van der Waals surface area contributed by atoms with Crippen LogP contribution >= 0.6 is 0 Å². The second kappa shape index (κ2) is 9.83. The third-order valence-corrected chi connectivity index (χ3v) is 5.50. The van der Waals surface area contributed by atoms with Gasteiger partial charge in [0.05, 0.1) is 19.4 Å². The number of nitrogens with two attached hydrogens (primary N) is 1. The molecule has 1 aliphatic rings. The Morgan fingerprint density at radius 3 is 2.55 bits per heavy atom. The summed E-state index contributed by atoms with van der Waals surface area (Å²) < 4.78 is 15.5. The molecule has 1 aliphatic heterocycles. The summed E-state index contributed by atoms with van der Waals surface area (Å²) in [6, 6.07) is 8.86. The Labute approximate surface area is 183 Å². The van der Waals surface area contributed by atoms with Crippen LogP contribution in [0, 0.1) is 13.8 Å². The number of carbonyl (C=O) groups excluding carboxylic acids is 2. The quantitative estimate of drug-likeness (QED) is 0.549. The lowest BCUT2D eigenvalue weighted by molar-refractivity contribution is -0.119. The van der Waals surface area contributed by atoms with Crippen molar-refractivity contribution in [2.24, 2.45) is 5.73 Å². The molecule has 0 spiro atoms. The minimum absolute atomic E-state index is 0.0383. The van der Waals surface area contributed by atoms with Gasteiger partial charge in [0.1, 0.15) is 11.5 Å². The fraction of sp³-hybridized carbons (Fsp3) is 0.417. The topological polar surface area (TPSA) is 91.1 Å². The van der Waals surface area contributed by atoms with Gasteiger partial charge in [-0.05, 0) is 74.1 Å². The van der Waals surface area contributed by atoms with Crippen molar-refractivity contribution in [3.8, 4) is 11.5 Å². The highest BCUT2D eigenvalue weighted by molar-refractivity contribution is 5.96. The van der Waals surface area contributed by atoms with Crippen LogP contribution in [0.3, 0.4) is 0 Å². The zero-order valence-corrected chi connectivity index (χ0v) is 18.6. The van der Waals surface area contributed by atoms with E-state index in [1.807, 2.05) is 32.0 Å². The number of benzene rings is 2. The van der Waals surface area contributed by atoms with E-state index in [-0.39, 0.29) is 18.9 Å². The fourth-order valence-electron chi connectivity index (χ4n) is 4.25. The predicted molar refractivity (Wildman–Crippen MR) is 119 cm³/mol. The molecule has 0 saturated carbocycles. The predicted octanol–water partition coefficient (Wildman–Crippen LogP) is 4.22. The van der Waals surface area contributed by atoms with E-state index < -0.39 is 12.2 Å². The minimum atomic E-state index is -0.744. The molecule has 1 amide bonds. The van der Waals surface area contributed by atoms with Gasteiger partial charge in [-0.2, -0.15) is 0 Å². The van der Waals surface area contributed by atoms with Crippen molar-refractivity contribution in [2.75, 3.05) is 25.2 Å². The van der Waals surface area contributed by atoms with Gasteiger partial charge in [0.2, 0.25) is 5.91 Å². The van der Waals surface area contributed by atoms with Crippen LogP contribution in [0.2, 0.25) is 0 Å². The summed E-state index contributed by atoms with van der Waals surface area (Å²) in [6.45, 7) is 6.39. The number of para-hydroxylation sites is 1. The van der Waals surface area contributed by atoms with Crippen LogP contribution < -0.4 is 20.1 Å². The Morgan fingerprint density at radius 2 is 1.90 bits per heavy atom. The molecule has 1 unspecified atom stereocenters. The van der Waals surface area contributed by atoms with Gasteiger partial charge in [0, 0.05) is 19.0 Å². The normalized spacial score (nSPS) is 13.9. The number of anilines is 1. The number of hydrogen-bond acceptors (Lipinski definition) is 6. The number of ether oxygens (including phenoxy) is 3. The van der Waals surface area contributed by atoms with Crippen LogP contribution in [0.1, 0.15) is 48.1 Å². The smallest absolute Gasteiger partial charge is 0.495 e. The van der Waals surface area contributed by atoms with Gasteiger partial charge in [-0.1, -0.05) is 12.1 Å². The van der Waals surface area contributed by atoms with Crippen molar-refractivity contribution in [1.82, 2.24) is 0 Å². The number of nitrogens with zero attached hydrogens (tertiary/aromatic N) is 1. The molecule has 1 heterocycles. The van der Waals surface area contributed by atoms with E-state index in [0.29, 0.717) is 18.0 Å². The zero-order valence-electron chi connectivity index (χ0n) is 18.6. The summed E-state index contributed by atoms with van der Waals surface area (Å²) in [7, 11) is 1.62. The Hall–Kier alpha value is -3.06. The van der Waals surface area contributed by atoms with Crippen LogP contribution in [0.25, 0.3) is 0 Å². The third-order valence-electron chi connectivity index (χ3n) is 5.50. The lowest BCUT2D eigenvalue weighted by Crippen LogP contribution is -2.37. The molecule has 0 saturated heterocycles. The maximum atomic E-state index is 13.2. The van der Waals surface area contributed by atoms with Crippen molar-refractivity contribution in [1.29, 1.82) is 0 Å². The Kier molecular flexibility index (Phi) is 7.17. The van der Waals surface area contributed by atoms with E-state index in [2.05, 4.69) is 0 Å². The Bertz CT molecular complexity index is 935. The molecule has 2 N–H and O–H groups in total. The summed E-state index contributed by atoms with van der Waals surface area (Å²) in [5.41, 5.74) is 11.0. The number of fused-ring (bicyclic) bond motifs is 1. The van der Waals surface area contributed by atoms with Crippen LogP contribution in [0.15, 0.2) is 30.3 Å². The van der Waals surface area contributed by atoms with Crippen LogP contribution in [-0.2, 0) is 16.0 Å². The molecule has 0 aromatic heterocycles. The monoisotopic (exact) mass is 426 g/mol. The highest BCUT2D eigenvalue weighted by atomic mass is 16.7. The summed E-state index contributed by atoms with van der Waals surface area (Å²) in [6.07, 6.45) is 1.24. The minimum Gasteiger partial charge on any atom is -0.495 e. The van der Waals surface area contributed by atoms with Crippen molar-refractivity contribution in [3.63, 3.8) is 0 Å². The largest absolute Gasteiger partial charge is 0.513 e.